The van der Waals surface area contributed by atoms with Crippen LogP contribution in [0, 0.1) is 0 Å². The zero-order valence-electron chi connectivity index (χ0n) is 13.3. The Balaban J connectivity index is 2.07. The van der Waals surface area contributed by atoms with Crippen molar-refractivity contribution in [2.75, 3.05) is 13.1 Å². The first kappa shape index (κ1) is 16.5. The molecule has 1 aromatic heterocycles. The van der Waals surface area contributed by atoms with Crippen LogP contribution in [0.2, 0.25) is 0 Å². The Bertz CT molecular complexity index is 918. The number of carbonyl (C=O) groups excluding carboxylic acids is 1. The van der Waals surface area contributed by atoms with E-state index in [-0.39, 0.29) is 17.4 Å². The van der Waals surface area contributed by atoms with Crippen LogP contribution >= 0.6 is 11.3 Å². The number of aromatic nitrogens is 1. The summed E-state index contributed by atoms with van der Waals surface area (Å²) in [5, 5.41) is 15.4. The fourth-order valence-electron chi connectivity index (χ4n) is 2.59. The Morgan fingerprint density at radius 3 is 2.92 bits per heavy atom. The third kappa shape index (κ3) is 3.42. The van der Waals surface area contributed by atoms with Crippen molar-refractivity contribution >= 4 is 28.8 Å². The zero-order chi connectivity index (χ0) is 17.1. The lowest BCUT2D eigenvalue weighted by Gasteiger charge is -2.08. The number of aliphatic hydroxyl groups excluding tert-OH is 1. The number of carbonyl (C=O) groups is 1. The smallest absolute Gasteiger partial charge is 0.266 e. The summed E-state index contributed by atoms with van der Waals surface area (Å²) >= 11 is 1.28. The summed E-state index contributed by atoms with van der Waals surface area (Å²) in [6.45, 7) is 3.02. The summed E-state index contributed by atoms with van der Waals surface area (Å²) in [6, 6.07) is -0.211. The summed E-state index contributed by atoms with van der Waals surface area (Å²) < 4.78 is 1.14. The number of nitrogens with one attached hydrogen (secondary N) is 3. The first-order valence-electron chi connectivity index (χ1n) is 7.76. The third-order valence-corrected chi connectivity index (χ3v) is 5.00. The van der Waals surface area contributed by atoms with E-state index in [0.717, 1.165) is 24.8 Å². The molecule has 4 N–H and O–H groups in total. The SMILES string of the molecule is CC1NC/C(=c2/[nH]c(=O)/c(=C/C3=C/C(=C/O)NCC/C=C\3)s2)C1=O. The number of hydrogen-bond acceptors (Lipinski definition) is 6. The lowest BCUT2D eigenvalue weighted by molar-refractivity contribution is -0.114. The molecule has 0 saturated carbocycles. The van der Waals surface area contributed by atoms with E-state index in [9.17, 15) is 14.7 Å². The largest absolute Gasteiger partial charge is 0.513 e. The van der Waals surface area contributed by atoms with Gasteiger partial charge in [-0.25, -0.2) is 0 Å². The molecule has 1 fully saturated rings. The average Bonchev–Trinajstić information content (AvgIpc) is 3.05. The Morgan fingerprint density at radius 2 is 2.21 bits per heavy atom. The maximum absolute atomic E-state index is 12.2. The first-order valence-corrected chi connectivity index (χ1v) is 8.58. The fourth-order valence-corrected chi connectivity index (χ4v) is 3.59. The van der Waals surface area contributed by atoms with Crippen molar-refractivity contribution in [2.24, 2.45) is 0 Å². The number of H-pyrrole nitrogens is 1. The van der Waals surface area contributed by atoms with Crippen LogP contribution in [0.1, 0.15) is 13.3 Å². The van der Waals surface area contributed by atoms with E-state index >= 15 is 0 Å². The monoisotopic (exact) mass is 345 g/mol. The minimum Gasteiger partial charge on any atom is -0.513 e. The standard InChI is InChI=1S/C17H19N3O3S/c1-10-15(22)13(8-19-10)17-20-16(23)14(24-17)7-11-4-2-3-5-18-12(6-11)9-21/h2,4,6-7,9-10,18-19,21H,3,5,8H2,1H3,(H,20,23)/b4-2-,11-6+,12-9-,14-7-,17-13+. The van der Waals surface area contributed by atoms with E-state index in [0.29, 0.717) is 27.0 Å². The Kier molecular flexibility index (Phi) is 4.82. The molecule has 2 aliphatic heterocycles. The van der Waals surface area contributed by atoms with Gasteiger partial charge in [0.25, 0.3) is 5.56 Å². The summed E-state index contributed by atoms with van der Waals surface area (Å²) in [5.41, 5.74) is 1.81. The molecule has 0 aromatic carbocycles. The van der Waals surface area contributed by atoms with E-state index in [4.69, 9.17) is 0 Å². The van der Waals surface area contributed by atoms with Gasteiger partial charge in [0, 0.05) is 18.7 Å². The van der Waals surface area contributed by atoms with Crippen molar-refractivity contribution in [3.63, 3.8) is 0 Å². The molecule has 1 aromatic rings. The number of hydrogen-bond donors (Lipinski definition) is 4. The second kappa shape index (κ2) is 7.02. The Hall–Kier alpha value is -2.38. The van der Waals surface area contributed by atoms with Crippen LogP contribution in [0.15, 0.2) is 40.6 Å². The molecule has 24 heavy (non-hydrogen) atoms. The van der Waals surface area contributed by atoms with Crippen LogP contribution in [0.3, 0.4) is 0 Å². The number of allylic oxidation sites excluding steroid dienone is 3. The molecule has 0 spiro atoms. The highest BCUT2D eigenvalue weighted by atomic mass is 32.1. The van der Waals surface area contributed by atoms with Gasteiger partial charge < -0.3 is 20.7 Å². The second-order valence-electron chi connectivity index (χ2n) is 5.69. The van der Waals surface area contributed by atoms with Crippen molar-refractivity contribution in [3.8, 4) is 0 Å². The molecular weight excluding hydrogens is 326 g/mol. The zero-order valence-corrected chi connectivity index (χ0v) is 14.1. The van der Waals surface area contributed by atoms with Gasteiger partial charge in [0.2, 0.25) is 0 Å². The Labute approximate surface area is 142 Å². The van der Waals surface area contributed by atoms with Crippen molar-refractivity contribution in [3.05, 3.63) is 55.3 Å². The van der Waals surface area contributed by atoms with E-state index < -0.39 is 0 Å². The van der Waals surface area contributed by atoms with Crippen molar-refractivity contribution in [1.82, 2.24) is 15.6 Å². The van der Waals surface area contributed by atoms with E-state index in [1.54, 1.807) is 12.2 Å². The molecule has 126 valence electrons. The van der Waals surface area contributed by atoms with Crippen LogP contribution in [0.4, 0.5) is 0 Å². The number of thiazole rings is 1. The van der Waals surface area contributed by atoms with Gasteiger partial charge in [0.1, 0.15) is 10.9 Å². The highest BCUT2D eigenvalue weighted by Crippen LogP contribution is 2.09. The third-order valence-electron chi connectivity index (χ3n) is 3.92. The summed E-state index contributed by atoms with van der Waals surface area (Å²) in [4.78, 5) is 27.1. The van der Waals surface area contributed by atoms with E-state index in [1.807, 2.05) is 19.1 Å². The average molecular weight is 345 g/mol. The normalized spacial score (nSPS) is 29.8. The highest BCUT2D eigenvalue weighted by molar-refractivity contribution is 7.07. The molecule has 1 saturated heterocycles. The first-order chi connectivity index (χ1) is 11.6. The fraction of sp³-hybridized carbons (Fsp3) is 0.294. The molecule has 1 atom stereocenters. The van der Waals surface area contributed by atoms with Gasteiger partial charge in [-0.15, -0.1) is 11.3 Å². The van der Waals surface area contributed by atoms with E-state index in [2.05, 4.69) is 15.6 Å². The molecular formula is C17H19N3O3S. The lowest BCUT2D eigenvalue weighted by Crippen LogP contribution is -2.22. The van der Waals surface area contributed by atoms with Crippen molar-refractivity contribution < 1.29 is 9.90 Å². The van der Waals surface area contributed by atoms with Gasteiger partial charge in [0.05, 0.1) is 16.3 Å². The van der Waals surface area contributed by atoms with Gasteiger partial charge >= 0.3 is 0 Å². The number of Topliss-reactive ketones (excluding diaryl/α,β-unsaturated/α-hetero) is 1. The summed E-state index contributed by atoms with van der Waals surface area (Å²) in [6.07, 6.45) is 9.29. The van der Waals surface area contributed by atoms with Gasteiger partial charge in [-0.3, -0.25) is 9.59 Å². The quantitative estimate of drug-likeness (QED) is 0.529. The molecule has 3 heterocycles. The number of aromatic amines is 1. The molecule has 2 aliphatic rings. The lowest BCUT2D eigenvalue weighted by atomic mass is 10.1. The molecule has 0 amide bonds. The predicted molar refractivity (Wildman–Crippen MR) is 95.1 cm³/mol. The maximum atomic E-state index is 12.2. The van der Waals surface area contributed by atoms with Crippen LogP contribution in [-0.2, 0) is 4.79 Å². The number of rotatable bonds is 1. The van der Waals surface area contributed by atoms with Gasteiger partial charge in [-0.2, -0.15) is 0 Å². The summed E-state index contributed by atoms with van der Waals surface area (Å²) in [5.74, 6) is 0.0267. The molecule has 0 aliphatic carbocycles. The maximum Gasteiger partial charge on any atom is 0.266 e. The highest BCUT2D eigenvalue weighted by Gasteiger charge is 2.25. The molecule has 6 nitrogen and oxygen atoms in total. The number of ketones is 1. The van der Waals surface area contributed by atoms with Crippen LogP contribution < -0.4 is 25.4 Å². The summed E-state index contributed by atoms with van der Waals surface area (Å²) in [7, 11) is 0. The molecule has 3 rings (SSSR count). The second-order valence-corrected chi connectivity index (χ2v) is 6.74. The van der Waals surface area contributed by atoms with Gasteiger partial charge in [-0.05, 0) is 31.1 Å². The Morgan fingerprint density at radius 1 is 1.38 bits per heavy atom. The van der Waals surface area contributed by atoms with Crippen molar-refractivity contribution in [2.45, 2.75) is 19.4 Å². The van der Waals surface area contributed by atoms with Crippen LogP contribution in [-0.4, -0.2) is 35.0 Å². The van der Waals surface area contributed by atoms with Gasteiger partial charge in [0.15, 0.2) is 5.78 Å². The predicted octanol–water partition coefficient (Wildman–Crippen LogP) is -0.196. The number of aliphatic hydroxyl groups is 1. The van der Waals surface area contributed by atoms with Gasteiger partial charge in [-0.1, -0.05) is 12.2 Å². The molecule has 0 radical (unpaired) electrons. The molecule has 7 heteroatoms. The minimum absolute atomic E-state index is 0.0267. The van der Waals surface area contributed by atoms with E-state index in [1.165, 1.54) is 11.3 Å². The van der Waals surface area contributed by atoms with Crippen LogP contribution in [0.5, 0.6) is 0 Å². The van der Waals surface area contributed by atoms with Crippen molar-refractivity contribution in [1.29, 1.82) is 0 Å². The topological polar surface area (TPSA) is 94.2 Å². The minimum atomic E-state index is -0.214. The molecule has 1 unspecified atom stereocenters. The molecule has 0 bridgehead atoms. The van der Waals surface area contributed by atoms with Crippen LogP contribution in [0.25, 0.3) is 11.6 Å².